The van der Waals surface area contributed by atoms with Gasteiger partial charge in [-0.2, -0.15) is 12.6 Å². The van der Waals surface area contributed by atoms with Gasteiger partial charge in [0.15, 0.2) is 0 Å². The van der Waals surface area contributed by atoms with Gasteiger partial charge in [0, 0.05) is 22.9 Å². The molecule has 3 aromatic carbocycles. The van der Waals surface area contributed by atoms with Gasteiger partial charge >= 0.3 is 11.9 Å². The average molecular weight is 645 g/mol. The molecule has 0 bridgehead atoms. The number of para-hydroxylation sites is 1. The molecule has 3 atom stereocenters. The molecule has 8 heteroatoms. The monoisotopic (exact) mass is 644 g/mol. The summed E-state index contributed by atoms with van der Waals surface area (Å²) in [5.74, 6) is -0.524. The van der Waals surface area contributed by atoms with Crippen molar-refractivity contribution in [2.24, 2.45) is 22.2 Å². The second kappa shape index (κ2) is 12.3. The molecular weight excluding hydrogens is 596 g/mol. The Balaban J connectivity index is 1.37. The molecule has 0 aromatic heterocycles. The topological polar surface area (TPSA) is 77.4 Å². The Labute approximate surface area is 279 Å². The zero-order valence-electron chi connectivity index (χ0n) is 28.6. The molecule has 3 unspecified atom stereocenters. The molecule has 2 aliphatic heterocycles. The van der Waals surface area contributed by atoms with Gasteiger partial charge in [-0.25, -0.2) is 0 Å². The highest BCUT2D eigenvalue weighted by atomic mass is 32.1. The van der Waals surface area contributed by atoms with Crippen LogP contribution in [-0.4, -0.2) is 42.3 Å². The lowest BCUT2D eigenvalue weighted by Crippen LogP contribution is -2.61. The molecule has 7 nitrogen and oxygen atoms in total. The summed E-state index contributed by atoms with van der Waals surface area (Å²) in [6.07, 6.45) is 4.09. The number of hydrogen-bond acceptors (Lipinski definition) is 8. The standard InChI is InChI=1S/C38H48N2O5S/c1-10-11-20-43-34(42)29(37(7,8)46)22-35(3,4)24(2)33(41)44-26-18-16-25-17-19-31-32(27(25)21-26)39-23-38(45-31)36(5,6)28-14-12-13-15-30(28)40(38)9/h12-19,21,23-24,29,46H,10-11,20,22H2,1-9H3. The van der Waals surface area contributed by atoms with Gasteiger partial charge in [0.2, 0.25) is 5.72 Å². The fourth-order valence-electron chi connectivity index (χ4n) is 6.68. The molecule has 46 heavy (non-hydrogen) atoms. The maximum atomic E-state index is 13.6. The normalized spacial score (nSPS) is 19.7. The molecule has 0 radical (unpaired) electrons. The van der Waals surface area contributed by atoms with Crippen LogP contribution < -0.4 is 14.4 Å². The smallest absolute Gasteiger partial charge is 0.314 e. The minimum Gasteiger partial charge on any atom is -0.465 e. The lowest BCUT2D eigenvalue weighted by Gasteiger charge is -2.45. The molecule has 246 valence electrons. The van der Waals surface area contributed by atoms with E-state index in [1.807, 2.05) is 78.2 Å². The van der Waals surface area contributed by atoms with E-state index in [4.69, 9.17) is 31.8 Å². The summed E-state index contributed by atoms with van der Waals surface area (Å²) in [6, 6.07) is 17.9. The Hall–Kier alpha value is -3.52. The zero-order valence-corrected chi connectivity index (χ0v) is 29.5. The van der Waals surface area contributed by atoms with Crippen LogP contribution in [0.3, 0.4) is 0 Å². The lowest BCUT2D eigenvalue weighted by atomic mass is 9.71. The molecule has 3 aromatic rings. The number of esters is 2. The van der Waals surface area contributed by atoms with E-state index in [0.717, 1.165) is 29.3 Å². The Morgan fingerprint density at radius 1 is 1.04 bits per heavy atom. The second-order valence-corrected chi connectivity index (χ2v) is 15.8. The number of likely N-dealkylation sites (N-methyl/N-ethyl adjacent to an activating group) is 1. The number of ether oxygens (including phenoxy) is 3. The number of aliphatic imine (C=N–C) groups is 1. The van der Waals surface area contributed by atoms with Crippen LogP contribution in [0.1, 0.15) is 80.2 Å². The first kappa shape index (κ1) is 33.8. The largest absolute Gasteiger partial charge is 0.465 e. The van der Waals surface area contributed by atoms with Crippen LogP contribution in [0.25, 0.3) is 10.8 Å². The number of rotatable bonds is 10. The molecule has 1 spiro atoms. The summed E-state index contributed by atoms with van der Waals surface area (Å²) in [6.45, 7) is 16.5. The number of carbonyl (C=O) groups is 2. The van der Waals surface area contributed by atoms with Crippen molar-refractivity contribution in [2.75, 3.05) is 18.6 Å². The predicted molar refractivity (Wildman–Crippen MR) is 189 cm³/mol. The first-order valence-corrected chi connectivity index (χ1v) is 16.7. The van der Waals surface area contributed by atoms with Gasteiger partial charge in [-0.15, -0.1) is 0 Å². The number of fused-ring (bicyclic) bond motifs is 4. The van der Waals surface area contributed by atoms with Gasteiger partial charge in [0.05, 0.1) is 30.1 Å². The Morgan fingerprint density at radius 3 is 2.41 bits per heavy atom. The molecule has 0 saturated heterocycles. The number of anilines is 1. The Morgan fingerprint density at radius 2 is 1.74 bits per heavy atom. The SMILES string of the molecule is CCCCOC(=O)C(CC(C)(C)C(C)C(=O)Oc1ccc2ccc3c(c2c1)N=CC1(O3)N(C)c2ccccc2C1(C)C)C(C)(C)S. The first-order valence-electron chi connectivity index (χ1n) is 16.3. The fraction of sp³-hybridized carbons (Fsp3) is 0.500. The van der Waals surface area contributed by atoms with Gasteiger partial charge in [-0.3, -0.25) is 14.6 Å². The van der Waals surface area contributed by atoms with Crippen LogP contribution in [-0.2, 0) is 19.7 Å². The number of carbonyl (C=O) groups excluding carboxylic acids is 2. The van der Waals surface area contributed by atoms with E-state index in [-0.39, 0.29) is 17.4 Å². The van der Waals surface area contributed by atoms with Crippen LogP contribution in [0.2, 0.25) is 0 Å². The van der Waals surface area contributed by atoms with Crippen molar-refractivity contribution >= 4 is 52.9 Å². The summed E-state index contributed by atoms with van der Waals surface area (Å²) in [5.41, 5.74) is 1.32. The lowest BCUT2D eigenvalue weighted by molar-refractivity contribution is -0.153. The number of unbranched alkanes of at least 4 members (excludes halogenated alkanes) is 1. The van der Waals surface area contributed by atoms with E-state index in [9.17, 15) is 9.59 Å². The van der Waals surface area contributed by atoms with Crippen LogP contribution in [0.15, 0.2) is 59.6 Å². The molecule has 0 amide bonds. The maximum Gasteiger partial charge on any atom is 0.314 e. The van der Waals surface area contributed by atoms with Gasteiger partial charge in [0.25, 0.3) is 0 Å². The summed E-state index contributed by atoms with van der Waals surface area (Å²) >= 11 is 4.73. The minimum absolute atomic E-state index is 0.276. The van der Waals surface area contributed by atoms with Gasteiger partial charge < -0.3 is 19.1 Å². The molecule has 0 N–H and O–H groups in total. The quantitative estimate of drug-likeness (QED) is 0.103. The van der Waals surface area contributed by atoms with Crippen LogP contribution in [0, 0.1) is 17.3 Å². The van der Waals surface area contributed by atoms with E-state index in [1.54, 1.807) is 6.07 Å². The third-order valence-electron chi connectivity index (χ3n) is 10.2. The predicted octanol–water partition coefficient (Wildman–Crippen LogP) is 8.68. The number of nitrogens with zero attached hydrogens (tertiary/aromatic N) is 2. The van der Waals surface area contributed by atoms with Crippen molar-refractivity contribution in [2.45, 2.75) is 90.5 Å². The average Bonchev–Trinajstić information content (AvgIpc) is 3.16. The summed E-state index contributed by atoms with van der Waals surface area (Å²) in [4.78, 5) is 33.8. The third-order valence-corrected chi connectivity index (χ3v) is 10.6. The van der Waals surface area contributed by atoms with Crippen LogP contribution in [0.4, 0.5) is 11.4 Å². The first-order chi connectivity index (χ1) is 21.5. The molecule has 2 heterocycles. The highest BCUT2D eigenvalue weighted by Crippen LogP contribution is 2.54. The molecular formula is C38H48N2O5S. The van der Waals surface area contributed by atoms with Gasteiger partial charge in [-0.1, -0.05) is 78.3 Å². The number of hydrogen-bond donors (Lipinski definition) is 1. The van der Waals surface area contributed by atoms with E-state index < -0.39 is 27.7 Å². The molecule has 0 fully saturated rings. The number of benzene rings is 3. The Bertz CT molecular complexity index is 1670. The van der Waals surface area contributed by atoms with Crippen LogP contribution in [0.5, 0.6) is 11.5 Å². The molecule has 0 saturated carbocycles. The van der Waals surface area contributed by atoms with Crippen molar-refractivity contribution in [1.29, 1.82) is 0 Å². The van der Waals surface area contributed by atoms with E-state index in [2.05, 4.69) is 43.9 Å². The summed E-state index contributed by atoms with van der Waals surface area (Å²) in [5, 5.41) is 1.80. The van der Waals surface area contributed by atoms with E-state index >= 15 is 0 Å². The number of thiol groups is 1. The molecule has 5 rings (SSSR count). The molecule has 0 aliphatic carbocycles. The summed E-state index contributed by atoms with van der Waals surface area (Å²) in [7, 11) is 2.04. The van der Waals surface area contributed by atoms with E-state index in [0.29, 0.717) is 30.2 Å². The molecule has 2 aliphatic rings. The Kier molecular flexibility index (Phi) is 9.01. The summed E-state index contributed by atoms with van der Waals surface area (Å²) < 4.78 is 17.8. The zero-order chi connectivity index (χ0) is 33.7. The van der Waals surface area contributed by atoms with Gasteiger partial charge in [0.1, 0.15) is 17.2 Å². The second-order valence-electron chi connectivity index (χ2n) is 14.6. The minimum atomic E-state index is -0.787. The van der Waals surface area contributed by atoms with Crippen molar-refractivity contribution in [3.8, 4) is 11.5 Å². The van der Waals surface area contributed by atoms with Crippen molar-refractivity contribution in [1.82, 2.24) is 0 Å². The maximum absolute atomic E-state index is 13.6. The highest BCUT2D eigenvalue weighted by Gasteiger charge is 2.58. The van der Waals surface area contributed by atoms with Crippen molar-refractivity contribution in [3.05, 3.63) is 60.2 Å². The fourth-order valence-corrected chi connectivity index (χ4v) is 6.88. The van der Waals surface area contributed by atoms with Crippen LogP contribution >= 0.6 is 12.6 Å². The third kappa shape index (κ3) is 5.89. The van der Waals surface area contributed by atoms with Gasteiger partial charge in [-0.05, 0) is 67.3 Å². The van der Waals surface area contributed by atoms with E-state index in [1.165, 1.54) is 5.56 Å². The highest BCUT2D eigenvalue weighted by molar-refractivity contribution is 7.81. The van der Waals surface area contributed by atoms with Crippen molar-refractivity contribution in [3.63, 3.8) is 0 Å². The van der Waals surface area contributed by atoms with Crippen molar-refractivity contribution < 1.29 is 23.8 Å².